The summed E-state index contributed by atoms with van der Waals surface area (Å²) in [6.07, 6.45) is 3.37. The Morgan fingerprint density at radius 2 is 1.96 bits per heavy atom. The number of likely N-dealkylation sites (N-methyl/N-ethyl adjacent to an activating group) is 2. The summed E-state index contributed by atoms with van der Waals surface area (Å²) in [6.45, 7) is 5.75. The second-order valence-corrected chi connectivity index (χ2v) is 8.48. The molecule has 2 aromatic rings. The lowest BCUT2D eigenvalue weighted by Gasteiger charge is -2.34. The summed E-state index contributed by atoms with van der Waals surface area (Å²) >= 11 is 6.54. The molecule has 0 atom stereocenters. The predicted octanol–water partition coefficient (Wildman–Crippen LogP) is 1.67. The van der Waals surface area contributed by atoms with Crippen LogP contribution in [0.1, 0.15) is 12.5 Å². The van der Waals surface area contributed by atoms with Crippen molar-refractivity contribution in [1.29, 1.82) is 0 Å². The molecule has 0 radical (unpaired) electrons. The van der Waals surface area contributed by atoms with Crippen LogP contribution in [0.3, 0.4) is 0 Å². The van der Waals surface area contributed by atoms with Gasteiger partial charge in [-0.2, -0.15) is 0 Å². The Morgan fingerprint density at radius 1 is 1.21 bits per heavy atom. The summed E-state index contributed by atoms with van der Waals surface area (Å²) in [5.74, 6) is 0.477. The Balaban J connectivity index is 1.86. The molecule has 1 amide bonds. The van der Waals surface area contributed by atoms with Gasteiger partial charge in [-0.15, -0.1) is 0 Å². The van der Waals surface area contributed by atoms with Crippen LogP contribution < -0.4 is 10.5 Å². The first kappa shape index (κ1) is 19.1. The topological polar surface area (TPSA) is 61.2 Å². The highest BCUT2D eigenvalue weighted by atomic mass is 32.2. The van der Waals surface area contributed by atoms with E-state index in [1.807, 2.05) is 19.1 Å². The smallest absolute Gasteiger partial charge is 0.267 e. The highest BCUT2D eigenvalue weighted by Crippen LogP contribution is 2.33. The van der Waals surface area contributed by atoms with E-state index < -0.39 is 0 Å². The average molecular weight is 416 g/mol. The molecule has 2 saturated heterocycles. The monoisotopic (exact) mass is 415 g/mol. The predicted molar refractivity (Wildman–Crippen MR) is 117 cm³/mol. The van der Waals surface area contributed by atoms with Crippen molar-refractivity contribution in [3.8, 4) is 0 Å². The van der Waals surface area contributed by atoms with E-state index in [1.165, 1.54) is 16.2 Å². The van der Waals surface area contributed by atoms with Crippen LogP contribution in [-0.4, -0.2) is 69.2 Å². The van der Waals surface area contributed by atoms with Crippen LogP contribution in [0.25, 0.3) is 11.7 Å². The van der Waals surface area contributed by atoms with Crippen LogP contribution in [0.4, 0.5) is 5.82 Å². The van der Waals surface area contributed by atoms with Gasteiger partial charge in [-0.05, 0) is 32.2 Å². The summed E-state index contributed by atoms with van der Waals surface area (Å²) in [6, 6.07) is 5.48. The van der Waals surface area contributed by atoms with E-state index in [4.69, 9.17) is 17.2 Å². The van der Waals surface area contributed by atoms with Crippen molar-refractivity contribution in [2.45, 2.75) is 6.92 Å². The van der Waals surface area contributed by atoms with E-state index in [1.54, 1.807) is 23.2 Å². The van der Waals surface area contributed by atoms with Gasteiger partial charge in [0.15, 0.2) is 0 Å². The molecule has 0 N–H and O–H groups in total. The number of anilines is 1. The van der Waals surface area contributed by atoms with Crippen LogP contribution in [0, 0.1) is 0 Å². The SMILES string of the molecule is CCN1C(=O)C(=Cc2c(N3CCN(C)CC3)nc3ccccn3c2=O)SC1=S. The molecule has 9 heteroatoms. The van der Waals surface area contributed by atoms with Gasteiger partial charge in [-0.3, -0.25) is 18.9 Å². The number of amides is 1. The number of piperazine rings is 1. The zero-order chi connectivity index (χ0) is 19.8. The normalized spacial score (nSPS) is 20.0. The molecule has 146 valence electrons. The van der Waals surface area contributed by atoms with Crippen molar-refractivity contribution in [2.75, 3.05) is 44.7 Å². The van der Waals surface area contributed by atoms with Gasteiger partial charge in [0, 0.05) is 38.9 Å². The van der Waals surface area contributed by atoms with Crippen molar-refractivity contribution in [3.63, 3.8) is 0 Å². The number of carbonyl (C=O) groups is 1. The molecule has 7 nitrogen and oxygen atoms in total. The fourth-order valence-corrected chi connectivity index (χ4v) is 4.75. The number of hydrogen-bond donors (Lipinski definition) is 0. The van der Waals surface area contributed by atoms with Gasteiger partial charge in [0.1, 0.15) is 15.8 Å². The first-order valence-corrected chi connectivity index (χ1v) is 10.4. The Hall–Kier alpha value is -2.23. The van der Waals surface area contributed by atoms with Gasteiger partial charge >= 0.3 is 0 Å². The van der Waals surface area contributed by atoms with Gasteiger partial charge in [-0.1, -0.05) is 30.0 Å². The number of aromatic nitrogens is 2. The first-order valence-electron chi connectivity index (χ1n) is 9.20. The van der Waals surface area contributed by atoms with Crippen molar-refractivity contribution in [1.82, 2.24) is 19.2 Å². The lowest BCUT2D eigenvalue weighted by molar-refractivity contribution is -0.121. The fourth-order valence-electron chi connectivity index (χ4n) is 3.38. The van der Waals surface area contributed by atoms with E-state index in [0.717, 1.165) is 26.2 Å². The second-order valence-electron chi connectivity index (χ2n) is 6.80. The van der Waals surface area contributed by atoms with Gasteiger partial charge in [0.2, 0.25) is 0 Å². The number of carbonyl (C=O) groups excluding carboxylic acids is 1. The van der Waals surface area contributed by atoms with E-state index in [9.17, 15) is 9.59 Å². The Morgan fingerprint density at radius 3 is 2.64 bits per heavy atom. The quantitative estimate of drug-likeness (QED) is 0.558. The lowest BCUT2D eigenvalue weighted by atomic mass is 10.2. The Bertz CT molecular complexity index is 1040. The number of thioether (sulfide) groups is 1. The van der Waals surface area contributed by atoms with Crippen molar-refractivity contribution in [3.05, 3.63) is 45.2 Å². The third-order valence-corrected chi connectivity index (χ3v) is 6.39. The maximum atomic E-state index is 13.3. The Labute approximate surface area is 172 Å². The van der Waals surface area contributed by atoms with Gasteiger partial charge in [0.25, 0.3) is 11.5 Å². The number of nitrogens with zero attached hydrogens (tertiary/aromatic N) is 5. The minimum Gasteiger partial charge on any atom is -0.353 e. The molecule has 0 unspecified atom stereocenters. The second kappa shape index (κ2) is 7.65. The molecule has 4 heterocycles. The third kappa shape index (κ3) is 3.34. The molecular formula is C19H21N5O2S2. The standard InChI is InChI=1S/C19H21N5O2S2/c1-3-23-18(26)14(28-19(23)27)12-13-16(22-10-8-21(2)9-11-22)20-15-6-4-5-7-24(15)17(13)25/h4-7,12H,3,8-11H2,1-2H3. The average Bonchev–Trinajstić information content (AvgIpc) is 2.97. The summed E-state index contributed by atoms with van der Waals surface area (Å²) in [7, 11) is 2.08. The number of thiocarbonyl (C=S) groups is 1. The summed E-state index contributed by atoms with van der Waals surface area (Å²) in [4.78, 5) is 37.1. The van der Waals surface area contributed by atoms with Gasteiger partial charge in [-0.25, -0.2) is 4.98 Å². The van der Waals surface area contributed by atoms with Crippen molar-refractivity contribution < 1.29 is 4.79 Å². The van der Waals surface area contributed by atoms with E-state index in [-0.39, 0.29) is 11.5 Å². The zero-order valence-corrected chi connectivity index (χ0v) is 17.4. The van der Waals surface area contributed by atoms with Crippen molar-refractivity contribution in [2.24, 2.45) is 0 Å². The van der Waals surface area contributed by atoms with Crippen LogP contribution in [0.5, 0.6) is 0 Å². The molecule has 2 aliphatic rings. The molecule has 4 rings (SSSR count). The van der Waals surface area contributed by atoms with E-state index in [0.29, 0.717) is 32.8 Å². The number of fused-ring (bicyclic) bond motifs is 1. The lowest BCUT2D eigenvalue weighted by Crippen LogP contribution is -2.45. The maximum absolute atomic E-state index is 13.3. The molecule has 2 aromatic heterocycles. The summed E-state index contributed by atoms with van der Waals surface area (Å²) < 4.78 is 2.04. The number of rotatable bonds is 3. The van der Waals surface area contributed by atoms with Crippen LogP contribution >= 0.6 is 24.0 Å². The Kier molecular flexibility index (Phi) is 5.22. The molecule has 0 spiro atoms. The molecule has 0 aromatic carbocycles. The number of hydrogen-bond acceptors (Lipinski definition) is 7. The van der Waals surface area contributed by atoms with E-state index in [2.05, 4.69) is 16.8 Å². The minimum absolute atomic E-state index is 0.153. The number of pyridine rings is 1. The van der Waals surface area contributed by atoms with Crippen LogP contribution in [0.15, 0.2) is 34.1 Å². The molecular weight excluding hydrogens is 394 g/mol. The van der Waals surface area contributed by atoms with Gasteiger partial charge < -0.3 is 9.80 Å². The zero-order valence-electron chi connectivity index (χ0n) is 15.8. The highest BCUT2D eigenvalue weighted by molar-refractivity contribution is 8.26. The van der Waals surface area contributed by atoms with Crippen LogP contribution in [-0.2, 0) is 4.79 Å². The van der Waals surface area contributed by atoms with Crippen LogP contribution in [0.2, 0.25) is 0 Å². The van der Waals surface area contributed by atoms with Gasteiger partial charge in [0.05, 0.1) is 10.5 Å². The molecule has 2 aliphatic heterocycles. The van der Waals surface area contributed by atoms with Crippen molar-refractivity contribution >= 4 is 51.7 Å². The third-order valence-electron chi connectivity index (χ3n) is 5.02. The molecule has 2 fully saturated rings. The highest BCUT2D eigenvalue weighted by Gasteiger charge is 2.32. The molecule has 0 bridgehead atoms. The summed E-state index contributed by atoms with van der Waals surface area (Å²) in [5, 5.41) is 0. The van der Waals surface area contributed by atoms with E-state index >= 15 is 0 Å². The fraction of sp³-hybridized carbons (Fsp3) is 0.368. The maximum Gasteiger partial charge on any atom is 0.267 e. The minimum atomic E-state index is -0.179. The first-order chi connectivity index (χ1) is 13.5. The molecule has 0 saturated carbocycles. The summed E-state index contributed by atoms with van der Waals surface area (Å²) in [5.41, 5.74) is 0.853. The molecule has 28 heavy (non-hydrogen) atoms. The molecule has 0 aliphatic carbocycles. The largest absolute Gasteiger partial charge is 0.353 e.